The summed E-state index contributed by atoms with van der Waals surface area (Å²) >= 11 is 0. The van der Waals surface area contributed by atoms with Gasteiger partial charge < -0.3 is 28.8 Å². The van der Waals surface area contributed by atoms with Crippen molar-refractivity contribution in [2.75, 3.05) is 40.9 Å². The van der Waals surface area contributed by atoms with Crippen LogP contribution in [0.1, 0.15) is 200 Å². The van der Waals surface area contributed by atoms with Gasteiger partial charge in [0, 0.05) is 6.42 Å². The number of hydrogen-bond acceptors (Lipinski definition) is 6. The van der Waals surface area contributed by atoms with E-state index in [2.05, 4.69) is 141 Å². The van der Waals surface area contributed by atoms with E-state index in [0.29, 0.717) is 23.9 Å². The minimum absolute atomic E-state index is 0.0223. The molecule has 0 aromatic heterocycles. The molecule has 0 radical (unpaired) electrons. The second-order valence-electron chi connectivity index (χ2n) is 19.5. The minimum Gasteiger partial charge on any atom is -0.756 e. The molecular weight excluding hydrogens is 900 g/mol. The van der Waals surface area contributed by atoms with Crippen molar-refractivity contribution in [3.63, 3.8) is 0 Å². The Kier molecular flexibility index (Phi) is 49.1. The molecule has 0 spiro atoms. The molecule has 9 heteroatoms. The lowest BCUT2D eigenvalue weighted by molar-refractivity contribution is -0.870. The Balaban J connectivity index is 4.41. The van der Waals surface area contributed by atoms with Gasteiger partial charge in [0.2, 0.25) is 5.91 Å². The highest BCUT2D eigenvalue weighted by molar-refractivity contribution is 7.45. The molecule has 0 aliphatic rings. The van der Waals surface area contributed by atoms with E-state index in [1.807, 2.05) is 27.2 Å². The predicted molar refractivity (Wildman–Crippen MR) is 306 cm³/mol. The lowest BCUT2D eigenvalue weighted by atomic mass is 10.1. The summed E-state index contributed by atoms with van der Waals surface area (Å²) in [5, 5.41) is 13.8. The number of aliphatic hydroxyl groups is 1. The van der Waals surface area contributed by atoms with Crippen molar-refractivity contribution in [1.82, 2.24) is 5.32 Å². The lowest BCUT2D eigenvalue weighted by Crippen LogP contribution is -2.45. The smallest absolute Gasteiger partial charge is 0.268 e. The molecule has 0 bridgehead atoms. The van der Waals surface area contributed by atoms with Crippen molar-refractivity contribution in [3.05, 3.63) is 134 Å². The van der Waals surface area contributed by atoms with E-state index < -0.39 is 26.6 Å². The quantitative estimate of drug-likeness (QED) is 0.0272. The maximum absolute atomic E-state index is 12.9. The third-order valence-corrected chi connectivity index (χ3v) is 12.5. The van der Waals surface area contributed by atoms with Crippen LogP contribution in [-0.2, 0) is 18.4 Å². The maximum Gasteiger partial charge on any atom is 0.268 e. The van der Waals surface area contributed by atoms with E-state index in [1.54, 1.807) is 6.08 Å². The zero-order valence-electron chi connectivity index (χ0n) is 45.9. The molecule has 0 heterocycles. The Bertz CT molecular complexity index is 1610. The summed E-state index contributed by atoms with van der Waals surface area (Å²) in [5.74, 6) is -0.242. The number of amides is 1. The molecule has 3 atom stereocenters. The molecule has 0 fully saturated rings. The molecule has 2 N–H and O–H groups in total. The van der Waals surface area contributed by atoms with Gasteiger partial charge in [0.1, 0.15) is 13.2 Å². The van der Waals surface area contributed by atoms with Crippen molar-refractivity contribution in [2.45, 2.75) is 212 Å². The second-order valence-corrected chi connectivity index (χ2v) is 20.9. The Labute approximate surface area is 436 Å². The van der Waals surface area contributed by atoms with Crippen LogP contribution in [0.15, 0.2) is 134 Å². The number of likely N-dealkylation sites (N-methyl/N-ethyl adjacent to an activating group) is 1. The molecule has 0 saturated carbocycles. The number of rotatable bonds is 49. The van der Waals surface area contributed by atoms with Crippen molar-refractivity contribution in [3.8, 4) is 0 Å². The van der Waals surface area contributed by atoms with Crippen LogP contribution in [0.4, 0.5) is 0 Å². The highest BCUT2D eigenvalue weighted by Crippen LogP contribution is 2.38. The van der Waals surface area contributed by atoms with E-state index in [1.165, 1.54) is 70.6 Å². The Morgan fingerprint density at radius 3 is 1.31 bits per heavy atom. The second kappa shape index (κ2) is 51.5. The van der Waals surface area contributed by atoms with Crippen molar-refractivity contribution in [1.29, 1.82) is 0 Å². The van der Waals surface area contributed by atoms with E-state index in [0.717, 1.165) is 103 Å². The molecule has 8 nitrogen and oxygen atoms in total. The average molecular weight is 1010 g/mol. The van der Waals surface area contributed by atoms with Crippen LogP contribution in [0.2, 0.25) is 0 Å². The third kappa shape index (κ3) is 54.3. The lowest BCUT2D eigenvalue weighted by Gasteiger charge is -2.29. The Morgan fingerprint density at radius 2 is 0.873 bits per heavy atom. The van der Waals surface area contributed by atoms with Gasteiger partial charge in [0.15, 0.2) is 0 Å². The largest absolute Gasteiger partial charge is 0.756 e. The van der Waals surface area contributed by atoms with Crippen LogP contribution < -0.4 is 10.2 Å². The summed E-state index contributed by atoms with van der Waals surface area (Å²) in [6.07, 6.45) is 78.1. The maximum atomic E-state index is 12.9. The fourth-order valence-corrected chi connectivity index (χ4v) is 7.92. The zero-order valence-corrected chi connectivity index (χ0v) is 46.8. The van der Waals surface area contributed by atoms with Gasteiger partial charge in [-0.05, 0) is 109 Å². The minimum atomic E-state index is -4.63. The summed E-state index contributed by atoms with van der Waals surface area (Å²) in [5.41, 5.74) is 0. The van der Waals surface area contributed by atoms with Crippen LogP contribution in [0.3, 0.4) is 0 Å². The number of nitrogens with zero attached hydrogens (tertiary/aromatic N) is 1. The molecule has 0 rings (SSSR count). The number of phosphoric acid groups is 1. The van der Waals surface area contributed by atoms with Crippen LogP contribution in [0.5, 0.6) is 0 Å². The van der Waals surface area contributed by atoms with Crippen LogP contribution >= 0.6 is 7.82 Å². The first-order chi connectivity index (χ1) is 34.5. The SMILES string of the molecule is CC/C=C\C/C=C\C/C=C\C/C=C\C/C=C\C/C=C\C/C=C\C/C=C\CCCCCCC(=O)NC(COP(=O)([O-])OCC[N+](C)(C)C)C(O)/C=C/CC/C=C/CC/C=C/CCCCCCCCCCCC. The highest BCUT2D eigenvalue weighted by Gasteiger charge is 2.23. The summed E-state index contributed by atoms with van der Waals surface area (Å²) in [6.45, 7) is 4.47. The third-order valence-electron chi connectivity index (χ3n) is 11.6. The van der Waals surface area contributed by atoms with Crippen LogP contribution in [0.25, 0.3) is 0 Å². The monoisotopic (exact) mass is 1000 g/mol. The normalized spacial score (nSPS) is 15.0. The van der Waals surface area contributed by atoms with E-state index >= 15 is 0 Å². The summed E-state index contributed by atoms with van der Waals surface area (Å²) in [4.78, 5) is 25.5. The molecule has 0 aliphatic carbocycles. The standard InChI is InChI=1S/C62H105N2O6P/c1-6-8-10-12-14-16-18-20-22-24-26-28-29-30-31-32-33-34-35-36-38-40-42-44-46-48-50-52-54-56-62(66)63-60(59-70-71(67,68)69-58-57-64(3,4)5)61(65)55-53-51-49-47-45-43-41-39-37-27-25-23-21-19-17-15-13-11-9-7-2/h8,10,14,16,20,22,26,28,30-31,33-34,36-39,42,44-45,47,53,55,60-61,65H,6-7,9,11-13,15,17-19,21,23-25,27,29,32,35,40-41,43,46,48-52,54,56-59H2,1-5H3,(H-,63,66,67,68)/b10-8-,16-14-,22-20-,28-26-,31-30-,34-33-,38-36-,39-37+,44-42-,47-45+,55-53+. The van der Waals surface area contributed by atoms with Gasteiger partial charge in [0.05, 0.1) is 39.9 Å². The molecule has 0 aliphatic heterocycles. The van der Waals surface area contributed by atoms with E-state index in [4.69, 9.17) is 9.05 Å². The topological polar surface area (TPSA) is 108 Å². The Hall–Kier alpha value is -3.36. The van der Waals surface area contributed by atoms with Crippen molar-refractivity contribution in [2.24, 2.45) is 0 Å². The number of phosphoric ester groups is 1. The van der Waals surface area contributed by atoms with Gasteiger partial charge in [-0.25, -0.2) is 0 Å². The number of allylic oxidation sites excluding steroid dienone is 21. The first-order valence-electron chi connectivity index (χ1n) is 28.0. The number of carbonyl (C=O) groups is 1. The number of aliphatic hydroxyl groups excluding tert-OH is 1. The Morgan fingerprint density at radius 1 is 0.507 bits per heavy atom. The van der Waals surface area contributed by atoms with E-state index in [9.17, 15) is 19.4 Å². The highest BCUT2D eigenvalue weighted by atomic mass is 31.2. The van der Waals surface area contributed by atoms with E-state index in [-0.39, 0.29) is 12.5 Å². The number of carbonyl (C=O) groups excluding carboxylic acids is 1. The summed E-state index contributed by atoms with van der Waals surface area (Å²) in [6, 6.07) is -0.935. The van der Waals surface area contributed by atoms with Gasteiger partial charge in [-0.1, -0.05) is 218 Å². The number of quaternary nitrogens is 1. The van der Waals surface area contributed by atoms with Gasteiger partial charge in [0.25, 0.3) is 7.82 Å². The number of unbranched alkanes of at least 4 members (excludes halogenated alkanes) is 16. The molecule has 1 amide bonds. The average Bonchev–Trinajstić information content (AvgIpc) is 3.33. The van der Waals surface area contributed by atoms with Gasteiger partial charge in [-0.2, -0.15) is 0 Å². The first-order valence-corrected chi connectivity index (χ1v) is 29.5. The molecule has 0 aromatic rings. The van der Waals surface area contributed by atoms with Crippen LogP contribution in [0, 0.1) is 0 Å². The van der Waals surface area contributed by atoms with Crippen LogP contribution in [-0.4, -0.2) is 68.5 Å². The predicted octanol–water partition coefficient (Wildman–Crippen LogP) is 16.5. The fourth-order valence-electron chi connectivity index (χ4n) is 7.20. The number of hydrogen-bond donors (Lipinski definition) is 2. The molecule has 404 valence electrons. The summed E-state index contributed by atoms with van der Waals surface area (Å²) in [7, 11) is 1.19. The van der Waals surface area contributed by atoms with Gasteiger partial charge >= 0.3 is 0 Å². The molecule has 71 heavy (non-hydrogen) atoms. The first kappa shape index (κ1) is 67.6. The molecular formula is C62H105N2O6P. The van der Waals surface area contributed by atoms with Gasteiger partial charge in [-0.15, -0.1) is 0 Å². The molecule has 0 saturated heterocycles. The number of nitrogens with one attached hydrogen (secondary N) is 1. The molecule has 0 aromatic carbocycles. The molecule has 3 unspecified atom stereocenters. The van der Waals surface area contributed by atoms with Crippen molar-refractivity contribution >= 4 is 13.7 Å². The zero-order chi connectivity index (χ0) is 52.0. The van der Waals surface area contributed by atoms with Gasteiger partial charge in [-0.3, -0.25) is 9.36 Å². The summed E-state index contributed by atoms with van der Waals surface area (Å²) < 4.78 is 23.3. The van der Waals surface area contributed by atoms with Crippen molar-refractivity contribution < 1.29 is 32.9 Å². The fraction of sp³-hybridized carbons (Fsp3) is 0.629.